The van der Waals surface area contributed by atoms with E-state index in [0.29, 0.717) is 19.0 Å². The SMILES string of the molecule is CCn1cc(C#N)c(=O)n(CC2CCC2)c1=O. The summed E-state index contributed by atoms with van der Waals surface area (Å²) in [6.45, 7) is 2.74. The number of hydrogen-bond donors (Lipinski definition) is 0. The van der Waals surface area contributed by atoms with Crippen LogP contribution in [0.4, 0.5) is 0 Å². The van der Waals surface area contributed by atoms with Crippen LogP contribution in [0.3, 0.4) is 0 Å². The van der Waals surface area contributed by atoms with Crippen LogP contribution in [0.5, 0.6) is 0 Å². The molecule has 0 atom stereocenters. The van der Waals surface area contributed by atoms with Gasteiger partial charge in [0.1, 0.15) is 11.6 Å². The lowest BCUT2D eigenvalue weighted by atomic mass is 9.85. The summed E-state index contributed by atoms with van der Waals surface area (Å²) in [4.78, 5) is 23.9. The first-order valence-corrected chi connectivity index (χ1v) is 5.91. The van der Waals surface area contributed by atoms with Crippen LogP contribution in [-0.4, -0.2) is 9.13 Å². The Bertz CT molecular complexity index is 573. The molecule has 1 aromatic rings. The topological polar surface area (TPSA) is 67.8 Å². The van der Waals surface area contributed by atoms with Gasteiger partial charge in [0.15, 0.2) is 0 Å². The molecule has 0 aliphatic heterocycles. The summed E-state index contributed by atoms with van der Waals surface area (Å²) in [6.07, 6.45) is 4.64. The molecule has 0 amide bonds. The number of rotatable bonds is 3. The monoisotopic (exact) mass is 233 g/mol. The number of hydrogen-bond acceptors (Lipinski definition) is 3. The predicted molar refractivity (Wildman–Crippen MR) is 62.7 cm³/mol. The van der Waals surface area contributed by atoms with Crippen LogP contribution >= 0.6 is 0 Å². The Morgan fingerprint density at radius 2 is 2.18 bits per heavy atom. The van der Waals surface area contributed by atoms with Crippen LogP contribution in [0.25, 0.3) is 0 Å². The highest BCUT2D eigenvalue weighted by molar-refractivity contribution is 5.22. The van der Waals surface area contributed by atoms with Gasteiger partial charge in [0, 0.05) is 19.3 Å². The molecule has 17 heavy (non-hydrogen) atoms. The molecule has 1 heterocycles. The van der Waals surface area contributed by atoms with Gasteiger partial charge in [-0.05, 0) is 25.7 Å². The summed E-state index contributed by atoms with van der Waals surface area (Å²) < 4.78 is 2.63. The van der Waals surface area contributed by atoms with Gasteiger partial charge in [-0.2, -0.15) is 5.26 Å². The maximum Gasteiger partial charge on any atom is 0.331 e. The van der Waals surface area contributed by atoms with Crippen LogP contribution in [-0.2, 0) is 13.1 Å². The maximum atomic E-state index is 12.0. The lowest BCUT2D eigenvalue weighted by Crippen LogP contribution is -2.42. The Hall–Kier alpha value is -1.83. The van der Waals surface area contributed by atoms with E-state index < -0.39 is 5.56 Å². The molecule has 2 rings (SSSR count). The van der Waals surface area contributed by atoms with Crippen LogP contribution in [0, 0.1) is 17.2 Å². The lowest BCUT2D eigenvalue weighted by molar-refractivity contribution is 0.267. The van der Waals surface area contributed by atoms with Crippen LogP contribution in [0.15, 0.2) is 15.8 Å². The zero-order valence-electron chi connectivity index (χ0n) is 9.85. The van der Waals surface area contributed by atoms with Crippen LogP contribution in [0.2, 0.25) is 0 Å². The summed E-state index contributed by atoms with van der Waals surface area (Å²) >= 11 is 0. The number of nitrogens with zero attached hydrogens (tertiary/aromatic N) is 3. The van der Waals surface area contributed by atoms with Crippen LogP contribution in [0.1, 0.15) is 31.7 Å². The fourth-order valence-electron chi connectivity index (χ4n) is 2.05. The van der Waals surface area contributed by atoms with Crippen molar-refractivity contribution in [2.45, 2.75) is 39.3 Å². The molecule has 0 unspecified atom stereocenters. The largest absolute Gasteiger partial charge is 0.331 e. The molecule has 1 aliphatic carbocycles. The number of aryl methyl sites for hydroxylation is 1. The second-order valence-corrected chi connectivity index (χ2v) is 4.44. The summed E-state index contributed by atoms with van der Waals surface area (Å²) in [6, 6.07) is 1.85. The molecule has 5 nitrogen and oxygen atoms in total. The molecule has 1 saturated carbocycles. The van der Waals surface area contributed by atoms with E-state index in [1.54, 1.807) is 0 Å². The van der Waals surface area contributed by atoms with E-state index in [-0.39, 0.29) is 11.3 Å². The summed E-state index contributed by atoms with van der Waals surface area (Å²) in [5.41, 5.74) is -0.705. The molecule has 0 aromatic carbocycles. The third kappa shape index (κ3) is 2.03. The van der Waals surface area contributed by atoms with E-state index in [1.807, 2.05) is 13.0 Å². The summed E-state index contributed by atoms with van der Waals surface area (Å²) in [5.74, 6) is 0.416. The third-order valence-electron chi connectivity index (χ3n) is 3.36. The van der Waals surface area contributed by atoms with Crippen molar-refractivity contribution in [1.29, 1.82) is 5.26 Å². The highest BCUT2D eigenvalue weighted by Crippen LogP contribution is 2.26. The lowest BCUT2D eigenvalue weighted by Gasteiger charge is -2.25. The van der Waals surface area contributed by atoms with E-state index in [0.717, 1.165) is 12.8 Å². The zero-order valence-corrected chi connectivity index (χ0v) is 9.85. The second kappa shape index (κ2) is 4.58. The molecular weight excluding hydrogens is 218 g/mol. The average Bonchev–Trinajstić information content (AvgIpc) is 2.27. The van der Waals surface area contributed by atoms with Gasteiger partial charge in [-0.25, -0.2) is 4.79 Å². The Kier molecular flexibility index (Phi) is 3.14. The van der Waals surface area contributed by atoms with E-state index in [9.17, 15) is 9.59 Å². The van der Waals surface area contributed by atoms with E-state index in [2.05, 4.69) is 0 Å². The van der Waals surface area contributed by atoms with Crippen LogP contribution < -0.4 is 11.2 Å². The number of nitriles is 1. The summed E-state index contributed by atoms with van der Waals surface area (Å²) in [7, 11) is 0. The zero-order chi connectivity index (χ0) is 12.4. The average molecular weight is 233 g/mol. The highest BCUT2D eigenvalue weighted by atomic mass is 16.2. The van der Waals surface area contributed by atoms with Crippen molar-refractivity contribution in [3.8, 4) is 6.07 Å². The van der Waals surface area contributed by atoms with Crippen molar-refractivity contribution in [1.82, 2.24) is 9.13 Å². The molecule has 0 N–H and O–H groups in total. The minimum absolute atomic E-state index is 0.0470. The van der Waals surface area contributed by atoms with Gasteiger partial charge >= 0.3 is 5.69 Å². The molecule has 5 heteroatoms. The van der Waals surface area contributed by atoms with Crippen molar-refractivity contribution in [2.24, 2.45) is 5.92 Å². The molecule has 1 aliphatic rings. The molecular formula is C12H15N3O2. The van der Waals surface area contributed by atoms with Gasteiger partial charge in [0.2, 0.25) is 0 Å². The van der Waals surface area contributed by atoms with Gasteiger partial charge in [0.25, 0.3) is 5.56 Å². The van der Waals surface area contributed by atoms with Gasteiger partial charge in [-0.1, -0.05) is 6.42 Å². The Morgan fingerprint density at radius 3 is 2.65 bits per heavy atom. The van der Waals surface area contributed by atoms with Crippen molar-refractivity contribution in [3.63, 3.8) is 0 Å². The van der Waals surface area contributed by atoms with Gasteiger partial charge in [0.05, 0.1) is 0 Å². The van der Waals surface area contributed by atoms with E-state index in [1.165, 1.54) is 21.8 Å². The first-order chi connectivity index (χ1) is 8.17. The molecule has 0 bridgehead atoms. The third-order valence-corrected chi connectivity index (χ3v) is 3.36. The molecule has 1 fully saturated rings. The number of aromatic nitrogens is 2. The Labute approximate surface area is 98.9 Å². The van der Waals surface area contributed by atoms with Crippen molar-refractivity contribution < 1.29 is 0 Å². The van der Waals surface area contributed by atoms with Crippen molar-refractivity contribution in [2.75, 3.05) is 0 Å². The molecule has 0 spiro atoms. The molecule has 90 valence electrons. The second-order valence-electron chi connectivity index (χ2n) is 4.44. The molecule has 0 saturated heterocycles. The molecule has 1 aromatic heterocycles. The fourth-order valence-corrected chi connectivity index (χ4v) is 2.05. The van der Waals surface area contributed by atoms with Gasteiger partial charge in [-0.15, -0.1) is 0 Å². The first kappa shape index (κ1) is 11.6. The summed E-state index contributed by atoms with van der Waals surface area (Å²) in [5, 5.41) is 8.88. The first-order valence-electron chi connectivity index (χ1n) is 5.91. The Balaban J connectivity index is 2.51. The van der Waals surface area contributed by atoms with E-state index >= 15 is 0 Å². The van der Waals surface area contributed by atoms with E-state index in [4.69, 9.17) is 5.26 Å². The normalized spacial score (nSPS) is 15.3. The molecule has 0 radical (unpaired) electrons. The predicted octanol–water partition coefficient (Wildman–Crippen LogP) is 0.702. The van der Waals surface area contributed by atoms with Crippen molar-refractivity contribution >= 4 is 0 Å². The maximum absolute atomic E-state index is 12.0. The Morgan fingerprint density at radius 1 is 1.47 bits per heavy atom. The van der Waals surface area contributed by atoms with Gasteiger partial charge in [-0.3, -0.25) is 13.9 Å². The standard InChI is InChI=1S/C12H15N3O2/c1-2-14-8-10(6-13)11(16)15(12(14)17)7-9-4-3-5-9/h8-9H,2-5,7H2,1H3. The van der Waals surface area contributed by atoms with Crippen molar-refractivity contribution in [3.05, 3.63) is 32.6 Å². The highest BCUT2D eigenvalue weighted by Gasteiger charge is 2.20. The smallest absolute Gasteiger partial charge is 0.299 e. The van der Waals surface area contributed by atoms with Gasteiger partial charge < -0.3 is 0 Å². The minimum atomic E-state index is -0.450. The fraction of sp³-hybridized carbons (Fsp3) is 0.583. The quantitative estimate of drug-likeness (QED) is 0.771. The minimum Gasteiger partial charge on any atom is -0.299 e.